The molecule has 5 heterocycles. The van der Waals surface area contributed by atoms with E-state index >= 15 is 0 Å². The molecule has 18 heteroatoms. The lowest BCUT2D eigenvalue weighted by atomic mass is 9.83. The molecule has 3 amide bonds. The predicted molar refractivity (Wildman–Crippen MR) is 274 cm³/mol. The number of ether oxygens (including phenoxy) is 1. The summed E-state index contributed by atoms with van der Waals surface area (Å²) in [7, 11) is 1.74. The molecule has 4 unspecified atom stereocenters. The number of H-pyrrole nitrogens is 1. The van der Waals surface area contributed by atoms with E-state index in [0.717, 1.165) is 94.4 Å². The molecule has 0 bridgehead atoms. The maximum absolute atomic E-state index is 14.5. The lowest BCUT2D eigenvalue weighted by molar-refractivity contribution is -0.139. The Morgan fingerprint density at radius 3 is 2.55 bits per heavy atom. The zero-order valence-corrected chi connectivity index (χ0v) is 43.1. The third kappa shape index (κ3) is 10.4. The van der Waals surface area contributed by atoms with Crippen molar-refractivity contribution in [3.8, 4) is 5.75 Å². The normalized spacial score (nSPS) is 23.3. The lowest BCUT2D eigenvalue weighted by Gasteiger charge is -2.43. The van der Waals surface area contributed by atoms with Gasteiger partial charge in [-0.1, -0.05) is 68.7 Å². The summed E-state index contributed by atoms with van der Waals surface area (Å²) in [5.41, 5.74) is 2.77. The molecule has 2 aliphatic heterocycles. The van der Waals surface area contributed by atoms with Crippen LogP contribution >= 0.6 is 11.3 Å². The number of amides is 3. The molecule has 4 N–H and O–H groups in total. The summed E-state index contributed by atoms with van der Waals surface area (Å²) in [6.07, 6.45) is 13.2. The van der Waals surface area contributed by atoms with Crippen molar-refractivity contribution in [2.75, 3.05) is 38.5 Å². The van der Waals surface area contributed by atoms with Crippen LogP contribution in [0, 0.1) is 23.2 Å². The van der Waals surface area contributed by atoms with Crippen molar-refractivity contribution in [3.63, 3.8) is 0 Å². The molecule has 5 aliphatic rings. The van der Waals surface area contributed by atoms with Crippen molar-refractivity contribution < 1.29 is 32.7 Å². The first-order valence-electron chi connectivity index (χ1n) is 26.3. The molecule has 2 saturated heterocycles. The fraction of sp³-hybridized carbons (Fsp3) is 0.545. The van der Waals surface area contributed by atoms with Gasteiger partial charge in [0, 0.05) is 71.7 Å². The van der Waals surface area contributed by atoms with E-state index in [1.165, 1.54) is 11.3 Å². The molecule has 15 nitrogen and oxygen atoms in total. The molecule has 0 spiro atoms. The molecule has 388 valence electrons. The van der Waals surface area contributed by atoms with Crippen LogP contribution in [-0.2, 0) is 22.4 Å². The van der Waals surface area contributed by atoms with Gasteiger partial charge in [0.05, 0.1) is 36.1 Å². The third-order valence-electron chi connectivity index (χ3n) is 16.6. The highest BCUT2D eigenvalue weighted by Crippen LogP contribution is 2.70. The Hall–Kier alpha value is -5.85. The quantitative estimate of drug-likeness (QED) is 0.0437. The molecule has 5 aromatic rings. The minimum absolute atomic E-state index is 0.0454. The van der Waals surface area contributed by atoms with Crippen LogP contribution in [0.5, 0.6) is 5.75 Å². The number of thiazole rings is 1. The number of aromatic nitrogens is 5. The van der Waals surface area contributed by atoms with Gasteiger partial charge in [-0.25, -0.2) is 13.8 Å². The second-order valence-electron chi connectivity index (χ2n) is 21.5. The third-order valence-corrected chi connectivity index (χ3v) is 17.5. The molecule has 10 rings (SSSR count). The van der Waals surface area contributed by atoms with Gasteiger partial charge in [-0.3, -0.25) is 29.0 Å². The summed E-state index contributed by atoms with van der Waals surface area (Å²) in [4.78, 5) is 63.7. The Bertz CT molecular complexity index is 2790. The number of nitrogens with one attached hydrogen (secondary N) is 4. The maximum atomic E-state index is 14.5. The number of carbonyl (C=O) groups is 4. The van der Waals surface area contributed by atoms with Crippen LogP contribution in [0.4, 0.5) is 14.5 Å². The van der Waals surface area contributed by atoms with Crippen LogP contribution in [-0.4, -0.2) is 116 Å². The van der Waals surface area contributed by atoms with Gasteiger partial charge >= 0.3 is 0 Å². The molecule has 0 radical (unpaired) electrons. The van der Waals surface area contributed by atoms with E-state index in [4.69, 9.17) is 14.8 Å². The topological polar surface area (TPSA) is 179 Å². The molecule has 73 heavy (non-hydrogen) atoms. The first-order chi connectivity index (χ1) is 35.2. The van der Waals surface area contributed by atoms with Gasteiger partial charge in [-0.15, -0.1) is 11.3 Å². The number of unbranched alkanes of at least 4 members (excludes halogenated alkanes) is 1. The van der Waals surface area contributed by atoms with Gasteiger partial charge in [-0.2, -0.15) is 10.2 Å². The van der Waals surface area contributed by atoms with E-state index in [1.54, 1.807) is 44.6 Å². The smallest absolute Gasteiger partial charge is 0.276 e. The Kier molecular flexibility index (Phi) is 14.7. The largest absolute Gasteiger partial charge is 0.491 e. The number of fused-ring (bicyclic) bond motifs is 2. The Balaban J connectivity index is 0.689. The number of hydrogen-bond acceptors (Lipinski definition) is 11. The highest BCUT2D eigenvalue weighted by molar-refractivity contribution is 7.10. The number of nitrogens with zero attached hydrogens (tertiary/aromatic N) is 6. The number of ketones is 1. The summed E-state index contributed by atoms with van der Waals surface area (Å²) in [5, 5.41) is 23.3. The van der Waals surface area contributed by atoms with E-state index in [-0.39, 0.29) is 60.2 Å². The van der Waals surface area contributed by atoms with Crippen molar-refractivity contribution in [2.45, 2.75) is 134 Å². The van der Waals surface area contributed by atoms with Crippen molar-refractivity contribution in [2.24, 2.45) is 23.2 Å². The monoisotopic (exact) mass is 1020 g/mol. The van der Waals surface area contributed by atoms with Crippen molar-refractivity contribution in [1.82, 2.24) is 45.4 Å². The van der Waals surface area contributed by atoms with Crippen molar-refractivity contribution in [3.05, 3.63) is 111 Å². The highest BCUT2D eigenvalue weighted by atomic mass is 32.1. The first kappa shape index (κ1) is 50.7. The van der Waals surface area contributed by atoms with Crippen LogP contribution in [0.25, 0.3) is 0 Å². The number of rotatable bonds is 20. The summed E-state index contributed by atoms with van der Waals surface area (Å²) >= 11 is 1.41. The van der Waals surface area contributed by atoms with Gasteiger partial charge < -0.3 is 30.5 Å². The SMILES string of the molecule is CNC(C)C(=O)NC(C(=O)N1CCC[C@H]1c1nc(C(=O)c2cccc(OC(C)CCCCN3CC(C(c4ccccc4)n4cc(NC(=O)c5n[nH]c6c5C[C@@H]5C(F)(F)[C@]5(C)C6)cn4)C3)c2)cs1)C1CCCCC1. The summed E-state index contributed by atoms with van der Waals surface area (Å²) in [5.74, 6) is -3.36. The Labute approximate surface area is 429 Å². The number of likely N-dealkylation sites (tertiary alicyclic amines) is 2. The average molecular weight is 1020 g/mol. The molecule has 3 aliphatic carbocycles. The minimum Gasteiger partial charge on any atom is -0.491 e. The van der Waals surface area contributed by atoms with Crippen molar-refractivity contribution >= 4 is 40.5 Å². The fourth-order valence-electron chi connectivity index (χ4n) is 12.0. The molecule has 3 aromatic heterocycles. The number of halogens is 2. The molecular weight excluding hydrogens is 951 g/mol. The van der Waals surface area contributed by atoms with Crippen LogP contribution in [0.3, 0.4) is 0 Å². The van der Waals surface area contributed by atoms with Crippen LogP contribution in [0.15, 0.2) is 72.4 Å². The Morgan fingerprint density at radius 1 is 0.973 bits per heavy atom. The zero-order valence-electron chi connectivity index (χ0n) is 42.2. The van der Waals surface area contributed by atoms with E-state index in [2.05, 4.69) is 50.1 Å². The van der Waals surface area contributed by atoms with Gasteiger partial charge in [0.2, 0.25) is 17.6 Å². The van der Waals surface area contributed by atoms with Gasteiger partial charge in [0.1, 0.15) is 22.5 Å². The molecule has 2 aromatic carbocycles. The van der Waals surface area contributed by atoms with Crippen LogP contribution in [0.1, 0.15) is 145 Å². The van der Waals surface area contributed by atoms with E-state index in [0.29, 0.717) is 46.4 Å². The van der Waals surface area contributed by atoms with E-state index < -0.39 is 35.2 Å². The number of carbonyl (C=O) groups excluding carboxylic acids is 4. The standard InChI is InChI=1S/C55H68F2N10O5S/c1-33(72-40-21-13-20-37(25-40)49(68)43-32-73-52(61-43)44-22-14-24-66(44)53(71)46(35-16-7-5-8-17-35)62-50(69)34(2)58-4)15-11-12-23-65-29-38(30-65)48(36-18-9-6-10-19-36)67-31-39(28-59-67)60-51(70)47-41-26-45-54(3,55(45,56)57)27-42(41)63-64-47/h6,9-10,13,18-21,25,28,31-35,38,44-46,48,58H,5,7-8,11-12,14-17,22-24,26-27,29-30H2,1-4H3,(H,60,70)(H,62,69)(H,63,64)/t33?,34?,44-,45-,46?,48?,54+/m0/s1. The molecule has 4 fully saturated rings. The average Bonchev–Trinajstić information content (AvgIpc) is 4.15. The predicted octanol–water partition coefficient (Wildman–Crippen LogP) is 8.41. The zero-order chi connectivity index (χ0) is 51.0. The molecular formula is C55H68F2N10O5S. The number of aromatic amines is 1. The number of likely N-dealkylation sites (N-methyl/N-ethyl adjacent to an activating group) is 1. The molecule has 7 atom stereocenters. The van der Waals surface area contributed by atoms with Gasteiger partial charge in [-0.05, 0) is 102 Å². The van der Waals surface area contributed by atoms with Crippen LogP contribution in [0.2, 0.25) is 0 Å². The maximum Gasteiger partial charge on any atom is 0.276 e. The lowest BCUT2D eigenvalue weighted by Crippen LogP contribution is -2.55. The van der Waals surface area contributed by atoms with E-state index in [1.807, 2.05) is 46.1 Å². The van der Waals surface area contributed by atoms with Gasteiger partial charge in [0.15, 0.2) is 5.69 Å². The second kappa shape index (κ2) is 21.2. The number of benzene rings is 2. The fourth-order valence-corrected chi connectivity index (χ4v) is 13.0. The number of alkyl halides is 2. The van der Waals surface area contributed by atoms with Crippen LogP contribution < -0.4 is 20.7 Å². The Morgan fingerprint density at radius 2 is 1.77 bits per heavy atom. The number of hydrogen-bond donors (Lipinski definition) is 4. The highest BCUT2D eigenvalue weighted by Gasteiger charge is 2.78. The summed E-state index contributed by atoms with van der Waals surface area (Å²) in [6, 6.07) is 16.2. The number of anilines is 1. The van der Waals surface area contributed by atoms with Crippen molar-refractivity contribution in [1.29, 1.82) is 0 Å². The summed E-state index contributed by atoms with van der Waals surface area (Å²) < 4.78 is 37.3. The minimum atomic E-state index is -2.74. The molecule has 2 saturated carbocycles. The van der Waals surface area contributed by atoms with E-state index in [9.17, 15) is 28.0 Å². The first-order valence-corrected chi connectivity index (χ1v) is 27.2. The summed E-state index contributed by atoms with van der Waals surface area (Å²) in [6.45, 7) is 8.79. The second-order valence-corrected chi connectivity index (χ2v) is 22.4. The van der Waals surface area contributed by atoms with Gasteiger partial charge in [0.25, 0.3) is 11.8 Å².